The van der Waals surface area contributed by atoms with Crippen molar-refractivity contribution in [2.24, 2.45) is 0 Å². The first-order chi connectivity index (χ1) is 10.8. The molecule has 2 aromatic heterocycles. The van der Waals surface area contributed by atoms with Gasteiger partial charge < -0.3 is 4.74 Å². The molecular formula is C17H20BrN3O2. The molecule has 2 heterocycles. The molecule has 122 valence electrons. The molecule has 0 saturated heterocycles. The van der Waals surface area contributed by atoms with Gasteiger partial charge in [-0.25, -0.2) is 9.78 Å². The van der Waals surface area contributed by atoms with Gasteiger partial charge in [0.15, 0.2) is 0 Å². The minimum Gasteiger partial charge on any atom is -0.443 e. The van der Waals surface area contributed by atoms with E-state index in [1.54, 1.807) is 12.3 Å². The fourth-order valence-electron chi connectivity index (χ4n) is 1.94. The first-order valence-corrected chi connectivity index (χ1v) is 8.17. The first-order valence-electron chi connectivity index (χ1n) is 7.38. The van der Waals surface area contributed by atoms with Gasteiger partial charge in [-0.3, -0.25) is 9.88 Å². The fraction of sp³-hybridized carbons (Fsp3) is 0.353. The lowest BCUT2D eigenvalue weighted by atomic mass is 10.2. The normalized spacial score (nSPS) is 11.1. The second-order valence-electron chi connectivity index (χ2n) is 6.02. The molecule has 0 aliphatic heterocycles. The lowest BCUT2D eigenvalue weighted by molar-refractivity contribution is 0.0579. The Kier molecular flexibility index (Phi) is 5.71. The summed E-state index contributed by atoms with van der Waals surface area (Å²) in [7, 11) is 0. The van der Waals surface area contributed by atoms with E-state index in [1.807, 2.05) is 51.1 Å². The summed E-state index contributed by atoms with van der Waals surface area (Å²) in [5.74, 6) is 0.546. The van der Waals surface area contributed by atoms with Gasteiger partial charge in [-0.15, -0.1) is 0 Å². The van der Waals surface area contributed by atoms with E-state index in [0.29, 0.717) is 23.4 Å². The van der Waals surface area contributed by atoms with Gasteiger partial charge in [0.1, 0.15) is 16.0 Å². The van der Waals surface area contributed by atoms with Crippen LogP contribution in [0.5, 0.6) is 0 Å². The van der Waals surface area contributed by atoms with E-state index in [2.05, 4.69) is 25.9 Å². The number of carbonyl (C=O) groups excluding carboxylic acids is 1. The maximum absolute atomic E-state index is 12.5. The topological polar surface area (TPSA) is 55.3 Å². The number of rotatable bonds is 4. The standard InChI is InChI=1S/C17H20BrN3O2/c1-17(2,3)23-16(22)21(15-9-6-8-14(18)20-15)12-10-13-7-4-5-11-19-13/h4-9,11H,10,12H2,1-3H3. The van der Waals surface area contributed by atoms with Gasteiger partial charge in [-0.1, -0.05) is 12.1 Å². The Morgan fingerprint density at radius 3 is 2.61 bits per heavy atom. The molecule has 23 heavy (non-hydrogen) atoms. The number of aromatic nitrogens is 2. The highest BCUT2D eigenvalue weighted by molar-refractivity contribution is 9.10. The fourth-order valence-corrected chi connectivity index (χ4v) is 2.27. The Morgan fingerprint density at radius 2 is 2.00 bits per heavy atom. The molecule has 1 amide bonds. The number of pyridine rings is 2. The van der Waals surface area contributed by atoms with E-state index >= 15 is 0 Å². The number of carbonyl (C=O) groups is 1. The van der Waals surface area contributed by atoms with Gasteiger partial charge in [-0.2, -0.15) is 0 Å². The predicted molar refractivity (Wildman–Crippen MR) is 93.5 cm³/mol. The molecule has 0 saturated carbocycles. The largest absolute Gasteiger partial charge is 0.443 e. The van der Waals surface area contributed by atoms with Gasteiger partial charge >= 0.3 is 6.09 Å². The van der Waals surface area contributed by atoms with Crippen LogP contribution in [0.25, 0.3) is 0 Å². The molecule has 0 fully saturated rings. The predicted octanol–water partition coefficient (Wildman–Crippen LogP) is 4.22. The lowest BCUT2D eigenvalue weighted by Gasteiger charge is -2.26. The Balaban J connectivity index is 2.19. The van der Waals surface area contributed by atoms with Crippen molar-refractivity contribution in [3.63, 3.8) is 0 Å². The van der Waals surface area contributed by atoms with E-state index in [0.717, 1.165) is 5.69 Å². The van der Waals surface area contributed by atoms with Crippen LogP contribution in [-0.4, -0.2) is 28.2 Å². The minimum absolute atomic E-state index is 0.418. The average molecular weight is 378 g/mol. The molecule has 0 unspecified atom stereocenters. The third kappa shape index (κ3) is 5.63. The first kappa shape index (κ1) is 17.4. The molecule has 0 aliphatic carbocycles. The molecule has 0 aliphatic rings. The van der Waals surface area contributed by atoms with Crippen LogP contribution in [0.2, 0.25) is 0 Å². The Labute approximate surface area is 144 Å². The van der Waals surface area contributed by atoms with Crippen LogP contribution in [0.3, 0.4) is 0 Å². The van der Waals surface area contributed by atoms with Gasteiger partial charge in [0.05, 0.1) is 0 Å². The van der Waals surface area contributed by atoms with Crippen LogP contribution in [0.4, 0.5) is 10.6 Å². The summed E-state index contributed by atoms with van der Waals surface area (Å²) in [6, 6.07) is 11.2. The quantitative estimate of drug-likeness (QED) is 0.748. The van der Waals surface area contributed by atoms with Gasteiger partial charge in [0, 0.05) is 24.9 Å². The molecule has 2 aromatic rings. The maximum atomic E-state index is 12.5. The Bertz CT molecular complexity index is 656. The third-order valence-corrected chi connectivity index (χ3v) is 3.35. The van der Waals surface area contributed by atoms with E-state index in [9.17, 15) is 4.79 Å². The zero-order valence-corrected chi connectivity index (χ0v) is 15.1. The number of anilines is 1. The summed E-state index contributed by atoms with van der Waals surface area (Å²) >= 11 is 3.33. The van der Waals surface area contributed by atoms with Gasteiger partial charge in [-0.05, 0) is 61.0 Å². The lowest BCUT2D eigenvalue weighted by Crippen LogP contribution is -2.38. The van der Waals surface area contributed by atoms with Crippen LogP contribution < -0.4 is 4.90 Å². The van der Waals surface area contributed by atoms with Crippen molar-refractivity contribution in [3.05, 3.63) is 52.9 Å². The smallest absolute Gasteiger partial charge is 0.416 e. The summed E-state index contributed by atoms with van der Waals surface area (Å²) in [4.78, 5) is 22.7. The number of hydrogen-bond donors (Lipinski definition) is 0. The van der Waals surface area contributed by atoms with Crippen molar-refractivity contribution in [1.29, 1.82) is 0 Å². The molecule has 0 atom stereocenters. The van der Waals surface area contributed by atoms with Crippen molar-refractivity contribution in [1.82, 2.24) is 9.97 Å². The SMILES string of the molecule is CC(C)(C)OC(=O)N(CCc1ccccn1)c1cccc(Br)n1. The third-order valence-electron chi connectivity index (χ3n) is 2.91. The molecular weight excluding hydrogens is 358 g/mol. The molecule has 5 nitrogen and oxygen atoms in total. The van der Waals surface area contributed by atoms with Crippen LogP contribution in [0, 0.1) is 0 Å². The Hall–Kier alpha value is -1.95. The van der Waals surface area contributed by atoms with Crippen molar-refractivity contribution in [2.45, 2.75) is 32.8 Å². The van der Waals surface area contributed by atoms with Gasteiger partial charge in [0.2, 0.25) is 0 Å². The summed E-state index contributed by atoms with van der Waals surface area (Å²) in [5.41, 5.74) is 0.350. The average Bonchev–Trinajstić information content (AvgIpc) is 2.47. The number of nitrogens with zero attached hydrogens (tertiary/aromatic N) is 3. The molecule has 0 spiro atoms. The number of halogens is 1. The van der Waals surface area contributed by atoms with Gasteiger partial charge in [0.25, 0.3) is 0 Å². The second-order valence-corrected chi connectivity index (χ2v) is 6.83. The van der Waals surface area contributed by atoms with Crippen molar-refractivity contribution >= 4 is 27.8 Å². The zero-order chi connectivity index (χ0) is 16.9. The molecule has 6 heteroatoms. The van der Waals surface area contributed by atoms with E-state index < -0.39 is 11.7 Å². The number of ether oxygens (including phenoxy) is 1. The highest BCUT2D eigenvalue weighted by Gasteiger charge is 2.24. The summed E-state index contributed by atoms with van der Waals surface area (Å²) < 4.78 is 6.16. The Morgan fingerprint density at radius 1 is 1.22 bits per heavy atom. The molecule has 0 aromatic carbocycles. The van der Waals surface area contributed by atoms with Crippen LogP contribution in [-0.2, 0) is 11.2 Å². The van der Waals surface area contributed by atoms with Crippen molar-refractivity contribution in [3.8, 4) is 0 Å². The van der Waals surface area contributed by atoms with E-state index in [-0.39, 0.29) is 0 Å². The van der Waals surface area contributed by atoms with Crippen molar-refractivity contribution in [2.75, 3.05) is 11.4 Å². The molecule has 0 N–H and O–H groups in total. The van der Waals surface area contributed by atoms with E-state index in [1.165, 1.54) is 4.90 Å². The maximum Gasteiger partial charge on any atom is 0.416 e. The summed E-state index contributed by atoms with van der Waals surface area (Å²) in [6.45, 7) is 5.97. The van der Waals surface area contributed by atoms with E-state index in [4.69, 9.17) is 4.74 Å². The summed E-state index contributed by atoms with van der Waals surface area (Å²) in [5, 5.41) is 0. The highest BCUT2D eigenvalue weighted by atomic mass is 79.9. The monoisotopic (exact) mass is 377 g/mol. The molecule has 2 rings (SSSR count). The van der Waals surface area contributed by atoms with Crippen molar-refractivity contribution < 1.29 is 9.53 Å². The zero-order valence-electron chi connectivity index (χ0n) is 13.5. The van der Waals surface area contributed by atoms with Crippen LogP contribution in [0.1, 0.15) is 26.5 Å². The number of amides is 1. The molecule has 0 radical (unpaired) electrons. The summed E-state index contributed by atoms with van der Waals surface area (Å²) in [6.07, 6.45) is 1.94. The molecule has 0 bridgehead atoms. The number of hydrogen-bond acceptors (Lipinski definition) is 4. The van der Waals surface area contributed by atoms with Crippen LogP contribution in [0.15, 0.2) is 47.2 Å². The minimum atomic E-state index is -0.563. The van der Waals surface area contributed by atoms with Crippen LogP contribution >= 0.6 is 15.9 Å². The second kappa shape index (κ2) is 7.55. The highest BCUT2D eigenvalue weighted by Crippen LogP contribution is 2.19.